The lowest BCUT2D eigenvalue weighted by Gasteiger charge is -2.35. The highest BCUT2D eigenvalue weighted by Crippen LogP contribution is 2.40. The molecule has 0 saturated carbocycles. The largest absolute Gasteiger partial charge is 0.497 e. The number of benzene rings is 1. The van der Waals surface area contributed by atoms with Gasteiger partial charge >= 0.3 is 0 Å². The minimum atomic E-state index is -0.541. The summed E-state index contributed by atoms with van der Waals surface area (Å²) in [6.45, 7) is 3.73. The van der Waals surface area contributed by atoms with Crippen molar-refractivity contribution in [3.8, 4) is 5.75 Å². The van der Waals surface area contributed by atoms with E-state index in [1.54, 1.807) is 24.4 Å². The fourth-order valence-corrected chi connectivity index (χ4v) is 3.30. The molecule has 1 saturated heterocycles. The second-order valence-electron chi connectivity index (χ2n) is 6.35. The Morgan fingerprint density at radius 3 is 2.37 bits per heavy atom. The highest BCUT2D eigenvalue weighted by Gasteiger charge is 2.42. The summed E-state index contributed by atoms with van der Waals surface area (Å²) in [5, 5.41) is 0. The molecular formula is C21H20N2O4. The molecule has 1 aromatic carbocycles. The summed E-state index contributed by atoms with van der Waals surface area (Å²) in [5.41, 5.74) is 3.77. The second kappa shape index (κ2) is 6.98. The number of methoxy groups -OCH3 is 1. The van der Waals surface area contributed by atoms with Crippen LogP contribution in [-0.2, 0) is 14.3 Å². The van der Waals surface area contributed by atoms with Crippen molar-refractivity contribution in [1.82, 2.24) is 4.98 Å². The van der Waals surface area contributed by atoms with Gasteiger partial charge in [-0.25, -0.2) is 0 Å². The van der Waals surface area contributed by atoms with Gasteiger partial charge in [0.25, 0.3) is 5.91 Å². The zero-order valence-electron chi connectivity index (χ0n) is 15.4. The van der Waals surface area contributed by atoms with Crippen LogP contribution in [0.1, 0.15) is 19.4 Å². The summed E-state index contributed by atoms with van der Waals surface area (Å²) in [6.07, 6.45) is 4.42. The lowest BCUT2D eigenvalue weighted by molar-refractivity contribution is -0.358. The molecule has 138 valence electrons. The van der Waals surface area contributed by atoms with Crippen molar-refractivity contribution >= 4 is 17.7 Å². The van der Waals surface area contributed by atoms with Gasteiger partial charge in [0.05, 0.1) is 12.7 Å². The molecule has 2 aliphatic heterocycles. The first-order chi connectivity index (χ1) is 13.1. The molecule has 0 bridgehead atoms. The van der Waals surface area contributed by atoms with Crippen molar-refractivity contribution in [1.29, 1.82) is 0 Å². The van der Waals surface area contributed by atoms with E-state index in [9.17, 15) is 4.79 Å². The summed E-state index contributed by atoms with van der Waals surface area (Å²) >= 11 is 0. The van der Waals surface area contributed by atoms with Crippen molar-refractivity contribution in [2.45, 2.75) is 26.4 Å². The van der Waals surface area contributed by atoms with E-state index < -0.39 is 6.29 Å². The number of amides is 1. The molecule has 1 fully saturated rings. The minimum absolute atomic E-state index is 0.115. The highest BCUT2D eigenvalue weighted by molar-refractivity contribution is 6.17. The highest BCUT2D eigenvalue weighted by atomic mass is 16.9. The molecule has 0 radical (unpaired) electrons. The van der Waals surface area contributed by atoms with E-state index >= 15 is 0 Å². The molecule has 6 nitrogen and oxygen atoms in total. The van der Waals surface area contributed by atoms with E-state index in [0.717, 1.165) is 28.3 Å². The van der Waals surface area contributed by atoms with Crippen LogP contribution in [0.4, 0.5) is 5.69 Å². The monoisotopic (exact) mass is 364 g/mol. The Bertz CT molecular complexity index is 913. The van der Waals surface area contributed by atoms with Gasteiger partial charge in [-0.2, -0.15) is 0 Å². The van der Waals surface area contributed by atoms with E-state index in [0.29, 0.717) is 5.57 Å². The standard InChI is InChI=1S/C21H20N2O4/c1-13-19(21-26-14(2)27-21)18(12-15-8-10-22-11-9-15)20(24)23(13)16-4-6-17(25-3)7-5-16/h4-12,14,21H,1-3H3/b18-12-. The fourth-order valence-electron chi connectivity index (χ4n) is 3.30. The number of carbonyl (C=O) groups is 1. The Hall–Kier alpha value is -2.96. The quantitative estimate of drug-likeness (QED) is 0.777. The number of anilines is 1. The van der Waals surface area contributed by atoms with E-state index in [2.05, 4.69) is 4.98 Å². The first-order valence-corrected chi connectivity index (χ1v) is 8.71. The van der Waals surface area contributed by atoms with E-state index in [-0.39, 0.29) is 12.2 Å². The predicted octanol–water partition coefficient (Wildman–Crippen LogP) is 3.51. The van der Waals surface area contributed by atoms with Crippen LogP contribution in [0.3, 0.4) is 0 Å². The zero-order valence-corrected chi connectivity index (χ0v) is 15.4. The van der Waals surface area contributed by atoms with Gasteiger partial charge in [-0.05, 0) is 61.9 Å². The average molecular weight is 364 g/mol. The number of pyridine rings is 1. The number of nitrogens with zero attached hydrogens (tertiary/aromatic N) is 2. The van der Waals surface area contributed by atoms with Crippen LogP contribution in [0.5, 0.6) is 5.75 Å². The number of aromatic nitrogens is 1. The number of hydrogen-bond acceptors (Lipinski definition) is 5. The van der Waals surface area contributed by atoms with Gasteiger partial charge in [0.1, 0.15) is 5.75 Å². The second-order valence-corrected chi connectivity index (χ2v) is 6.35. The van der Waals surface area contributed by atoms with E-state index in [4.69, 9.17) is 14.2 Å². The number of carbonyl (C=O) groups excluding carboxylic acids is 1. The molecule has 0 atom stereocenters. The average Bonchev–Trinajstić information content (AvgIpc) is 2.90. The molecule has 4 rings (SSSR count). The molecule has 3 heterocycles. The number of rotatable bonds is 4. The van der Waals surface area contributed by atoms with Crippen LogP contribution in [0.25, 0.3) is 6.08 Å². The van der Waals surface area contributed by atoms with Gasteiger partial charge in [0.15, 0.2) is 12.6 Å². The van der Waals surface area contributed by atoms with Crippen LogP contribution in [0, 0.1) is 0 Å². The van der Waals surface area contributed by atoms with Gasteiger partial charge in [0.2, 0.25) is 0 Å². The smallest absolute Gasteiger partial charge is 0.263 e. The molecule has 0 spiro atoms. The van der Waals surface area contributed by atoms with Gasteiger partial charge < -0.3 is 14.2 Å². The molecule has 0 aliphatic carbocycles. The topological polar surface area (TPSA) is 60.9 Å². The van der Waals surface area contributed by atoms with Crippen LogP contribution in [0.2, 0.25) is 0 Å². The van der Waals surface area contributed by atoms with Crippen molar-refractivity contribution in [3.63, 3.8) is 0 Å². The van der Waals surface area contributed by atoms with Gasteiger partial charge in [-0.15, -0.1) is 0 Å². The third kappa shape index (κ3) is 3.13. The number of allylic oxidation sites excluding steroid dienone is 1. The number of ether oxygens (including phenoxy) is 3. The van der Waals surface area contributed by atoms with Gasteiger partial charge in [0, 0.05) is 29.4 Å². The molecule has 6 heteroatoms. The van der Waals surface area contributed by atoms with Gasteiger partial charge in [-0.1, -0.05) is 0 Å². The molecule has 2 aromatic rings. The van der Waals surface area contributed by atoms with Crippen molar-refractivity contribution < 1.29 is 19.0 Å². The Balaban J connectivity index is 1.77. The zero-order chi connectivity index (χ0) is 19.0. The van der Waals surface area contributed by atoms with Crippen LogP contribution in [-0.4, -0.2) is 30.6 Å². The molecule has 1 aromatic heterocycles. The maximum atomic E-state index is 13.3. The summed E-state index contributed by atoms with van der Waals surface area (Å²) in [7, 11) is 1.61. The molecule has 2 aliphatic rings. The summed E-state index contributed by atoms with van der Waals surface area (Å²) < 4.78 is 16.6. The normalized spacial score (nSPS) is 23.7. The lowest BCUT2D eigenvalue weighted by atomic mass is 10.0. The maximum absolute atomic E-state index is 13.3. The minimum Gasteiger partial charge on any atom is -0.497 e. The Labute approximate surface area is 157 Å². The summed E-state index contributed by atoms with van der Waals surface area (Å²) in [5.74, 6) is 0.621. The fraction of sp³-hybridized carbons (Fsp3) is 0.238. The molecule has 0 unspecified atom stereocenters. The molecule has 27 heavy (non-hydrogen) atoms. The number of hydrogen-bond donors (Lipinski definition) is 0. The summed E-state index contributed by atoms with van der Waals surface area (Å²) in [4.78, 5) is 19.0. The first-order valence-electron chi connectivity index (χ1n) is 8.71. The van der Waals surface area contributed by atoms with Crippen LogP contribution >= 0.6 is 0 Å². The SMILES string of the molecule is COc1ccc(N2C(=O)/C(=C\c3ccncc3)C(C3OC(C)O3)=C2C)cc1. The van der Waals surface area contributed by atoms with Crippen molar-refractivity contribution in [3.05, 3.63) is 71.2 Å². The molecular weight excluding hydrogens is 344 g/mol. The van der Waals surface area contributed by atoms with Crippen molar-refractivity contribution in [2.24, 2.45) is 0 Å². The van der Waals surface area contributed by atoms with Gasteiger partial charge in [-0.3, -0.25) is 14.7 Å². The third-order valence-electron chi connectivity index (χ3n) is 4.66. The summed E-state index contributed by atoms with van der Waals surface area (Å²) in [6, 6.07) is 11.1. The molecule has 1 amide bonds. The van der Waals surface area contributed by atoms with E-state index in [1.165, 1.54) is 0 Å². The Kier molecular flexibility index (Phi) is 4.51. The van der Waals surface area contributed by atoms with Crippen molar-refractivity contribution in [2.75, 3.05) is 12.0 Å². The lowest BCUT2D eigenvalue weighted by Crippen LogP contribution is -2.40. The van der Waals surface area contributed by atoms with E-state index in [1.807, 2.05) is 56.3 Å². The third-order valence-corrected chi connectivity index (χ3v) is 4.66. The predicted molar refractivity (Wildman–Crippen MR) is 101 cm³/mol. The maximum Gasteiger partial charge on any atom is 0.263 e. The molecule has 0 N–H and O–H groups in total. The van der Waals surface area contributed by atoms with Crippen LogP contribution < -0.4 is 9.64 Å². The van der Waals surface area contributed by atoms with Crippen LogP contribution in [0.15, 0.2) is 65.6 Å². The Morgan fingerprint density at radius 2 is 1.78 bits per heavy atom. The first kappa shape index (κ1) is 17.5. The Morgan fingerprint density at radius 1 is 1.11 bits per heavy atom.